The van der Waals surface area contributed by atoms with Gasteiger partial charge in [-0.15, -0.1) is 0 Å². The Bertz CT molecular complexity index is 629. The van der Waals surface area contributed by atoms with E-state index in [-0.39, 0.29) is 6.03 Å². The lowest BCUT2D eigenvalue weighted by Gasteiger charge is -2.12. The molecule has 0 fully saturated rings. The minimum atomic E-state index is -0.175. The van der Waals surface area contributed by atoms with E-state index in [9.17, 15) is 4.79 Å². The Morgan fingerprint density at radius 2 is 2.19 bits per heavy atom. The number of aromatic nitrogens is 1. The molecule has 110 valence electrons. The van der Waals surface area contributed by atoms with Gasteiger partial charge in [-0.3, -0.25) is 5.32 Å². The van der Waals surface area contributed by atoms with Gasteiger partial charge in [0.2, 0.25) is 0 Å². The second-order valence-corrected chi connectivity index (χ2v) is 6.26. The van der Waals surface area contributed by atoms with Gasteiger partial charge in [0.1, 0.15) is 0 Å². The molecule has 1 aliphatic carbocycles. The fourth-order valence-electron chi connectivity index (χ4n) is 2.54. The maximum absolute atomic E-state index is 11.9. The number of rotatable bonds is 4. The van der Waals surface area contributed by atoms with E-state index in [0.717, 1.165) is 16.6 Å². The Hall–Kier alpha value is -1.88. The molecule has 5 heteroatoms. The predicted molar refractivity (Wildman–Crippen MR) is 87.8 cm³/mol. The summed E-state index contributed by atoms with van der Waals surface area (Å²) in [6.07, 6.45) is 8.22. The van der Waals surface area contributed by atoms with Crippen LogP contribution in [-0.4, -0.2) is 17.6 Å². The monoisotopic (exact) mass is 301 g/mol. The van der Waals surface area contributed by atoms with Crippen molar-refractivity contribution in [1.29, 1.82) is 0 Å². The van der Waals surface area contributed by atoms with Gasteiger partial charge in [0.25, 0.3) is 0 Å². The Morgan fingerprint density at radius 1 is 1.29 bits per heavy atom. The number of para-hydroxylation sites is 1. The van der Waals surface area contributed by atoms with Gasteiger partial charge in [0.15, 0.2) is 5.13 Å². The number of hydrogen-bond donors (Lipinski definition) is 2. The molecule has 21 heavy (non-hydrogen) atoms. The summed E-state index contributed by atoms with van der Waals surface area (Å²) < 4.78 is 1.08. The second kappa shape index (κ2) is 6.72. The highest BCUT2D eigenvalue weighted by Crippen LogP contribution is 2.25. The van der Waals surface area contributed by atoms with Crippen molar-refractivity contribution in [3.8, 4) is 0 Å². The van der Waals surface area contributed by atoms with E-state index in [1.54, 1.807) is 0 Å². The molecule has 1 aliphatic rings. The van der Waals surface area contributed by atoms with E-state index in [1.165, 1.54) is 42.6 Å². The van der Waals surface area contributed by atoms with Crippen molar-refractivity contribution in [2.24, 2.45) is 0 Å². The number of nitrogens with one attached hydrogen (secondary N) is 2. The quantitative estimate of drug-likeness (QED) is 0.827. The highest BCUT2D eigenvalue weighted by molar-refractivity contribution is 7.22. The van der Waals surface area contributed by atoms with E-state index in [0.29, 0.717) is 11.7 Å². The molecule has 0 bridgehead atoms. The summed E-state index contributed by atoms with van der Waals surface area (Å²) in [7, 11) is 0. The standard InChI is InChI=1S/C16H19N3OS/c20-15(17-11-10-12-6-2-1-3-7-12)19-16-18-13-8-4-5-9-14(13)21-16/h4-6,8-9H,1-3,7,10-11H2,(H2,17,18,19,20). The number of nitrogens with zero attached hydrogens (tertiary/aromatic N) is 1. The summed E-state index contributed by atoms with van der Waals surface area (Å²) >= 11 is 1.49. The van der Waals surface area contributed by atoms with Crippen LogP contribution in [0.5, 0.6) is 0 Å². The molecule has 4 nitrogen and oxygen atoms in total. The minimum Gasteiger partial charge on any atom is -0.337 e. The molecule has 0 saturated carbocycles. The number of hydrogen-bond acceptors (Lipinski definition) is 3. The molecular weight excluding hydrogens is 282 g/mol. The van der Waals surface area contributed by atoms with E-state index >= 15 is 0 Å². The van der Waals surface area contributed by atoms with Gasteiger partial charge in [-0.1, -0.05) is 35.1 Å². The Kier molecular flexibility index (Phi) is 4.50. The highest BCUT2D eigenvalue weighted by Gasteiger charge is 2.08. The normalized spacial score (nSPS) is 14.8. The van der Waals surface area contributed by atoms with Crippen LogP contribution in [0.4, 0.5) is 9.93 Å². The van der Waals surface area contributed by atoms with Crippen molar-refractivity contribution in [3.05, 3.63) is 35.9 Å². The summed E-state index contributed by atoms with van der Waals surface area (Å²) in [6.45, 7) is 0.683. The minimum absolute atomic E-state index is 0.175. The van der Waals surface area contributed by atoms with Crippen LogP contribution in [0.3, 0.4) is 0 Å². The topological polar surface area (TPSA) is 54.0 Å². The smallest absolute Gasteiger partial charge is 0.321 e. The van der Waals surface area contributed by atoms with Crippen LogP contribution in [0.25, 0.3) is 10.2 Å². The number of carbonyl (C=O) groups is 1. The summed E-state index contributed by atoms with van der Waals surface area (Å²) in [5.41, 5.74) is 2.40. The summed E-state index contributed by atoms with van der Waals surface area (Å²) in [6, 6.07) is 7.70. The number of thiazole rings is 1. The molecule has 0 unspecified atom stereocenters. The molecule has 0 atom stereocenters. The third-order valence-corrected chi connectivity index (χ3v) is 4.58. The van der Waals surface area contributed by atoms with Crippen molar-refractivity contribution in [2.75, 3.05) is 11.9 Å². The molecule has 1 heterocycles. The van der Waals surface area contributed by atoms with Crippen molar-refractivity contribution in [3.63, 3.8) is 0 Å². The summed E-state index contributed by atoms with van der Waals surface area (Å²) in [5.74, 6) is 0. The summed E-state index contributed by atoms with van der Waals surface area (Å²) in [5, 5.41) is 6.35. The van der Waals surface area contributed by atoms with E-state index in [4.69, 9.17) is 0 Å². The molecule has 0 radical (unpaired) electrons. The maximum Gasteiger partial charge on any atom is 0.321 e. The van der Waals surface area contributed by atoms with Gasteiger partial charge in [0, 0.05) is 6.54 Å². The highest BCUT2D eigenvalue weighted by atomic mass is 32.1. The molecule has 2 amide bonds. The molecule has 2 aromatic rings. The molecule has 2 N–H and O–H groups in total. The first-order valence-electron chi connectivity index (χ1n) is 7.39. The van der Waals surface area contributed by atoms with Crippen molar-refractivity contribution in [2.45, 2.75) is 32.1 Å². The van der Waals surface area contributed by atoms with Gasteiger partial charge >= 0.3 is 6.03 Å². The lowest BCUT2D eigenvalue weighted by molar-refractivity contribution is 0.252. The van der Waals surface area contributed by atoms with Crippen molar-refractivity contribution >= 4 is 32.7 Å². The molecule has 0 aliphatic heterocycles. The van der Waals surface area contributed by atoms with Crippen molar-refractivity contribution in [1.82, 2.24) is 10.3 Å². The number of carbonyl (C=O) groups excluding carboxylic acids is 1. The van der Waals surface area contributed by atoms with E-state index in [2.05, 4.69) is 21.7 Å². The first-order chi connectivity index (χ1) is 10.3. The molecule has 1 aromatic carbocycles. The van der Waals surface area contributed by atoms with Gasteiger partial charge in [0.05, 0.1) is 10.2 Å². The Balaban J connectivity index is 1.48. The number of urea groups is 1. The van der Waals surface area contributed by atoms with Crippen LogP contribution in [0.1, 0.15) is 32.1 Å². The van der Waals surface area contributed by atoms with Gasteiger partial charge in [-0.2, -0.15) is 0 Å². The Labute approximate surface area is 128 Å². The SMILES string of the molecule is O=C(NCCC1=CCCCC1)Nc1nc2ccccc2s1. The third kappa shape index (κ3) is 3.82. The fourth-order valence-corrected chi connectivity index (χ4v) is 3.40. The van der Waals surface area contributed by atoms with Crippen LogP contribution in [0.15, 0.2) is 35.9 Å². The molecule has 1 aromatic heterocycles. The zero-order chi connectivity index (χ0) is 14.5. The van der Waals surface area contributed by atoms with E-state index in [1.807, 2.05) is 24.3 Å². The number of amides is 2. The predicted octanol–water partition coefficient (Wildman–Crippen LogP) is 4.31. The second-order valence-electron chi connectivity index (χ2n) is 5.23. The zero-order valence-corrected chi connectivity index (χ0v) is 12.7. The maximum atomic E-state index is 11.9. The van der Waals surface area contributed by atoms with Gasteiger partial charge in [-0.05, 0) is 44.2 Å². The largest absolute Gasteiger partial charge is 0.337 e. The zero-order valence-electron chi connectivity index (χ0n) is 11.9. The van der Waals surface area contributed by atoms with Crippen LogP contribution < -0.4 is 10.6 Å². The first-order valence-corrected chi connectivity index (χ1v) is 8.21. The van der Waals surface area contributed by atoms with Gasteiger partial charge < -0.3 is 5.32 Å². The number of fused-ring (bicyclic) bond motifs is 1. The van der Waals surface area contributed by atoms with Crippen LogP contribution in [0.2, 0.25) is 0 Å². The average Bonchev–Trinajstić information content (AvgIpc) is 2.90. The van der Waals surface area contributed by atoms with E-state index < -0.39 is 0 Å². The number of allylic oxidation sites excluding steroid dienone is 1. The third-order valence-electron chi connectivity index (χ3n) is 3.63. The summed E-state index contributed by atoms with van der Waals surface area (Å²) in [4.78, 5) is 16.2. The molecule has 3 rings (SSSR count). The number of anilines is 1. The van der Waals surface area contributed by atoms with Crippen LogP contribution in [0, 0.1) is 0 Å². The van der Waals surface area contributed by atoms with Crippen molar-refractivity contribution < 1.29 is 4.79 Å². The molecule has 0 spiro atoms. The van der Waals surface area contributed by atoms with Gasteiger partial charge in [-0.25, -0.2) is 9.78 Å². The number of benzene rings is 1. The molecule has 0 saturated heterocycles. The average molecular weight is 301 g/mol. The van der Waals surface area contributed by atoms with Crippen LogP contribution in [-0.2, 0) is 0 Å². The Morgan fingerprint density at radius 3 is 3.00 bits per heavy atom. The fraction of sp³-hybridized carbons (Fsp3) is 0.375. The first kappa shape index (κ1) is 14.1. The molecular formula is C16H19N3OS. The lowest BCUT2D eigenvalue weighted by atomic mass is 9.97. The van der Waals surface area contributed by atoms with Crippen LogP contribution >= 0.6 is 11.3 Å². The lowest BCUT2D eigenvalue weighted by Crippen LogP contribution is -2.29.